The van der Waals surface area contributed by atoms with Crippen LogP contribution >= 0.6 is 45.5 Å². The second-order valence-corrected chi connectivity index (χ2v) is 11.1. The zero-order valence-electron chi connectivity index (χ0n) is 21.0. The summed E-state index contributed by atoms with van der Waals surface area (Å²) in [6.45, 7) is 7.55. The van der Waals surface area contributed by atoms with Gasteiger partial charge < -0.3 is 14.2 Å². The minimum absolute atomic E-state index is 0.106. The fourth-order valence-corrected chi connectivity index (χ4v) is 6.51. The van der Waals surface area contributed by atoms with Crippen LogP contribution in [0.3, 0.4) is 0 Å². The number of hydrogen-bond acceptors (Lipinski definition) is 7. The Morgan fingerprint density at radius 3 is 2.70 bits per heavy atom. The molecule has 1 aliphatic rings. The van der Waals surface area contributed by atoms with Gasteiger partial charge in [0.05, 0.1) is 39.2 Å². The zero-order chi connectivity index (χ0) is 26.9. The molecule has 2 heterocycles. The van der Waals surface area contributed by atoms with Gasteiger partial charge in [0.25, 0.3) is 5.56 Å². The monoisotopic (exact) mass is 652 g/mol. The standard InChI is InChI=1S/C27H26ClIN2O5S/c1-6-35-26(33)22-15(4)30-27-31(23(22)18-9-7-8-10-20(18)36-14(2)3)25(32)21(37-27)12-16-11-17(28)13-19(29)24(16)34-5/h7-14,23H,6H2,1-5H3/b21-12-/t23-/m0/s1. The second-order valence-electron chi connectivity index (χ2n) is 8.52. The molecule has 194 valence electrons. The van der Waals surface area contributed by atoms with Gasteiger partial charge in [-0.3, -0.25) is 9.36 Å². The van der Waals surface area contributed by atoms with E-state index in [4.69, 9.17) is 25.8 Å². The molecule has 0 saturated carbocycles. The zero-order valence-corrected chi connectivity index (χ0v) is 24.7. The Morgan fingerprint density at radius 2 is 2.03 bits per heavy atom. The number of nitrogens with zero attached hydrogens (tertiary/aromatic N) is 2. The summed E-state index contributed by atoms with van der Waals surface area (Å²) in [6, 6.07) is 10.2. The maximum absolute atomic E-state index is 13.9. The smallest absolute Gasteiger partial charge is 0.338 e. The molecule has 0 aliphatic carbocycles. The molecule has 0 fully saturated rings. The third-order valence-corrected chi connectivity index (χ3v) is 7.62. The summed E-state index contributed by atoms with van der Waals surface area (Å²) >= 11 is 9.68. The highest BCUT2D eigenvalue weighted by molar-refractivity contribution is 14.1. The summed E-state index contributed by atoms with van der Waals surface area (Å²) in [7, 11) is 1.57. The number of hydrogen-bond donors (Lipinski definition) is 0. The van der Waals surface area contributed by atoms with Crippen molar-refractivity contribution < 1.29 is 19.0 Å². The third kappa shape index (κ3) is 5.49. The van der Waals surface area contributed by atoms with Crippen LogP contribution < -0.4 is 24.4 Å². The van der Waals surface area contributed by atoms with Crippen LogP contribution in [0.2, 0.25) is 5.02 Å². The molecule has 0 radical (unpaired) electrons. The minimum Gasteiger partial charge on any atom is -0.495 e. The summed E-state index contributed by atoms with van der Waals surface area (Å²) in [5, 5.41) is 0.530. The number of benzene rings is 2. The number of para-hydroxylation sites is 1. The fourth-order valence-electron chi connectivity index (χ4n) is 4.20. The van der Waals surface area contributed by atoms with Crippen LogP contribution in [0.15, 0.2) is 57.5 Å². The Labute approximate surface area is 237 Å². The number of halogens is 2. The number of carbonyl (C=O) groups is 1. The number of aromatic nitrogens is 1. The molecule has 4 rings (SSSR count). The van der Waals surface area contributed by atoms with E-state index >= 15 is 0 Å². The molecule has 0 spiro atoms. The molecule has 1 atom stereocenters. The van der Waals surface area contributed by atoms with Gasteiger partial charge >= 0.3 is 5.97 Å². The van der Waals surface area contributed by atoms with Crippen LogP contribution in [0.1, 0.15) is 44.9 Å². The molecule has 3 aromatic rings. The van der Waals surface area contributed by atoms with Gasteiger partial charge in [0, 0.05) is 16.1 Å². The van der Waals surface area contributed by atoms with Crippen molar-refractivity contribution in [3.8, 4) is 11.5 Å². The minimum atomic E-state index is -0.770. The third-order valence-electron chi connectivity index (χ3n) is 5.62. The summed E-state index contributed by atoms with van der Waals surface area (Å²) in [5.41, 5.74) is 1.85. The van der Waals surface area contributed by atoms with E-state index in [1.165, 1.54) is 11.3 Å². The topological polar surface area (TPSA) is 79.1 Å². The molecule has 0 unspecified atom stereocenters. The summed E-state index contributed by atoms with van der Waals surface area (Å²) < 4.78 is 19.8. The first-order chi connectivity index (χ1) is 17.7. The second kappa shape index (κ2) is 11.4. The van der Waals surface area contributed by atoms with E-state index in [-0.39, 0.29) is 18.3 Å². The van der Waals surface area contributed by atoms with Gasteiger partial charge in [0.15, 0.2) is 4.80 Å². The van der Waals surface area contributed by atoms with Crippen molar-refractivity contribution in [2.75, 3.05) is 13.7 Å². The predicted molar refractivity (Wildman–Crippen MR) is 153 cm³/mol. The largest absolute Gasteiger partial charge is 0.495 e. The number of ether oxygens (including phenoxy) is 3. The number of thiazole rings is 1. The van der Waals surface area contributed by atoms with Crippen molar-refractivity contribution in [2.45, 2.75) is 39.8 Å². The van der Waals surface area contributed by atoms with Crippen LogP contribution in [0.4, 0.5) is 0 Å². The van der Waals surface area contributed by atoms with Crippen molar-refractivity contribution in [1.29, 1.82) is 0 Å². The molecule has 0 bridgehead atoms. The quantitative estimate of drug-likeness (QED) is 0.270. The molecule has 37 heavy (non-hydrogen) atoms. The van der Waals surface area contributed by atoms with Crippen molar-refractivity contribution in [1.82, 2.24) is 4.57 Å². The van der Waals surface area contributed by atoms with Crippen LogP contribution in [0.5, 0.6) is 11.5 Å². The molecular weight excluding hydrogens is 627 g/mol. The number of allylic oxidation sites excluding steroid dienone is 1. The maximum Gasteiger partial charge on any atom is 0.338 e. The van der Waals surface area contributed by atoms with Crippen LogP contribution in [-0.2, 0) is 9.53 Å². The van der Waals surface area contributed by atoms with Gasteiger partial charge in [-0.15, -0.1) is 0 Å². The predicted octanol–water partition coefficient (Wildman–Crippen LogP) is 4.85. The van der Waals surface area contributed by atoms with E-state index in [0.29, 0.717) is 48.3 Å². The van der Waals surface area contributed by atoms with E-state index in [1.54, 1.807) is 43.7 Å². The number of esters is 1. The molecule has 10 heteroatoms. The molecule has 7 nitrogen and oxygen atoms in total. The van der Waals surface area contributed by atoms with Gasteiger partial charge in [-0.1, -0.05) is 41.1 Å². The Bertz CT molecular complexity index is 1570. The van der Waals surface area contributed by atoms with Gasteiger partial charge in [0.1, 0.15) is 17.5 Å². The van der Waals surface area contributed by atoms with Gasteiger partial charge in [-0.25, -0.2) is 9.79 Å². The molecule has 1 aromatic heterocycles. The van der Waals surface area contributed by atoms with E-state index in [1.807, 2.05) is 38.1 Å². The fraction of sp³-hybridized carbons (Fsp3) is 0.296. The first kappa shape index (κ1) is 27.4. The summed E-state index contributed by atoms with van der Waals surface area (Å²) in [4.78, 5) is 32.2. The highest BCUT2D eigenvalue weighted by Gasteiger charge is 2.35. The first-order valence-corrected chi connectivity index (χ1v) is 13.9. The Morgan fingerprint density at radius 1 is 1.30 bits per heavy atom. The van der Waals surface area contributed by atoms with E-state index < -0.39 is 12.0 Å². The number of fused-ring (bicyclic) bond motifs is 1. The first-order valence-electron chi connectivity index (χ1n) is 11.6. The lowest BCUT2D eigenvalue weighted by Gasteiger charge is -2.26. The van der Waals surface area contributed by atoms with Crippen LogP contribution in [0, 0.1) is 3.57 Å². The van der Waals surface area contributed by atoms with E-state index in [0.717, 1.165) is 3.57 Å². The lowest BCUT2D eigenvalue weighted by molar-refractivity contribution is -0.139. The lowest BCUT2D eigenvalue weighted by atomic mass is 9.95. The van der Waals surface area contributed by atoms with Gasteiger partial charge in [0.2, 0.25) is 0 Å². The number of rotatable bonds is 7. The normalized spacial score (nSPS) is 15.5. The van der Waals surface area contributed by atoms with E-state index in [2.05, 4.69) is 27.6 Å². The molecule has 0 N–H and O–H groups in total. The molecule has 1 aliphatic heterocycles. The van der Waals surface area contributed by atoms with Gasteiger partial charge in [-0.05, 0) is 74.6 Å². The Hall–Kier alpha value is -2.63. The molecule has 0 saturated heterocycles. The van der Waals surface area contributed by atoms with Crippen molar-refractivity contribution in [2.24, 2.45) is 4.99 Å². The number of carbonyl (C=O) groups excluding carboxylic acids is 1. The van der Waals surface area contributed by atoms with E-state index in [9.17, 15) is 9.59 Å². The molecule has 2 aromatic carbocycles. The van der Waals surface area contributed by atoms with Crippen molar-refractivity contribution in [3.05, 3.63) is 87.1 Å². The Kier molecular flexibility index (Phi) is 8.45. The SMILES string of the molecule is CCOC(=O)C1=C(C)N=c2s/c(=C\c3cc(Cl)cc(I)c3OC)c(=O)n2[C@H]1c1ccccc1OC(C)C. The van der Waals surface area contributed by atoms with Crippen LogP contribution in [0.25, 0.3) is 6.08 Å². The average Bonchev–Trinajstić information content (AvgIpc) is 3.12. The van der Waals surface area contributed by atoms with Crippen molar-refractivity contribution in [3.63, 3.8) is 0 Å². The van der Waals surface area contributed by atoms with Crippen LogP contribution in [-0.4, -0.2) is 30.4 Å². The van der Waals surface area contributed by atoms with Gasteiger partial charge in [-0.2, -0.15) is 0 Å². The summed E-state index contributed by atoms with van der Waals surface area (Å²) in [6.07, 6.45) is 1.64. The highest BCUT2D eigenvalue weighted by Crippen LogP contribution is 2.36. The Balaban J connectivity index is 2.01. The lowest BCUT2D eigenvalue weighted by Crippen LogP contribution is -2.40. The average molecular weight is 653 g/mol. The molecule has 0 amide bonds. The maximum atomic E-state index is 13.9. The summed E-state index contributed by atoms with van der Waals surface area (Å²) in [5.74, 6) is 0.680. The highest BCUT2D eigenvalue weighted by atomic mass is 127. The molecular formula is C27H26ClIN2O5S. The number of methoxy groups -OCH3 is 1. The van der Waals surface area contributed by atoms with Crippen molar-refractivity contribution >= 4 is 57.6 Å².